The highest BCUT2D eigenvalue weighted by atomic mass is 16.4. The monoisotopic (exact) mass is 237 g/mol. The lowest BCUT2D eigenvalue weighted by Gasteiger charge is -2.33. The van der Waals surface area contributed by atoms with Crippen molar-refractivity contribution in [1.82, 2.24) is 15.1 Å². The number of aliphatic carboxylic acids is 1. The zero-order valence-electron chi connectivity index (χ0n) is 10.3. The van der Waals surface area contributed by atoms with Gasteiger partial charge in [0.25, 0.3) is 0 Å². The molecule has 0 saturated carbocycles. The first-order valence-electron chi connectivity index (χ1n) is 5.98. The number of carbonyl (C=O) groups is 1. The van der Waals surface area contributed by atoms with Gasteiger partial charge in [0.05, 0.1) is 6.20 Å². The van der Waals surface area contributed by atoms with Crippen LogP contribution in [0.5, 0.6) is 0 Å². The van der Waals surface area contributed by atoms with E-state index in [1.54, 1.807) is 0 Å². The lowest BCUT2D eigenvalue weighted by Crippen LogP contribution is -2.28. The fourth-order valence-corrected chi connectivity index (χ4v) is 2.62. The number of carboxylic acid groups (broad SMARTS) is 1. The number of hydrogen-bond donors (Lipinski definition) is 2. The van der Waals surface area contributed by atoms with Crippen LogP contribution >= 0.6 is 0 Å². The number of carboxylic acids is 1. The van der Waals surface area contributed by atoms with Crippen LogP contribution in [-0.2, 0) is 11.2 Å². The van der Waals surface area contributed by atoms with E-state index in [4.69, 9.17) is 5.11 Å². The zero-order valence-corrected chi connectivity index (χ0v) is 10.3. The molecule has 0 aliphatic heterocycles. The Balaban J connectivity index is 2.08. The molecule has 0 amide bonds. The molecule has 0 radical (unpaired) electrons. The fourth-order valence-electron chi connectivity index (χ4n) is 2.62. The molecule has 0 saturated heterocycles. The highest BCUT2D eigenvalue weighted by Gasteiger charge is 2.29. The highest BCUT2D eigenvalue weighted by Crippen LogP contribution is 2.36. The van der Waals surface area contributed by atoms with Crippen LogP contribution in [0.15, 0.2) is 6.20 Å². The summed E-state index contributed by atoms with van der Waals surface area (Å²) in [5.74, 6) is -0.270. The number of nitrogens with one attached hydrogen (secondary N) is 1. The molecule has 5 nitrogen and oxygen atoms in total. The number of aromatic nitrogens is 2. The van der Waals surface area contributed by atoms with Crippen molar-refractivity contribution in [3.8, 4) is 0 Å². The van der Waals surface area contributed by atoms with E-state index in [-0.39, 0.29) is 6.42 Å². The summed E-state index contributed by atoms with van der Waals surface area (Å²) in [5, 5.41) is 15.9. The van der Waals surface area contributed by atoms with Gasteiger partial charge in [-0.2, -0.15) is 5.10 Å². The third kappa shape index (κ3) is 2.66. The van der Waals surface area contributed by atoms with Crippen LogP contribution in [-0.4, -0.2) is 40.3 Å². The van der Waals surface area contributed by atoms with Gasteiger partial charge in [-0.25, -0.2) is 0 Å². The van der Waals surface area contributed by atoms with E-state index in [1.165, 1.54) is 11.3 Å². The van der Waals surface area contributed by atoms with Crippen LogP contribution in [0.25, 0.3) is 0 Å². The molecule has 1 aromatic heterocycles. The first-order valence-corrected chi connectivity index (χ1v) is 5.98. The van der Waals surface area contributed by atoms with E-state index in [1.807, 2.05) is 6.20 Å². The molecule has 1 aliphatic rings. The second kappa shape index (κ2) is 4.87. The quantitative estimate of drug-likeness (QED) is 0.831. The normalized spacial score (nSPS) is 23.7. The van der Waals surface area contributed by atoms with Crippen LogP contribution in [0.3, 0.4) is 0 Å². The molecule has 2 rings (SSSR count). The zero-order chi connectivity index (χ0) is 12.4. The lowest BCUT2D eigenvalue weighted by atomic mass is 9.81. The van der Waals surface area contributed by atoms with E-state index in [2.05, 4.69) is 29.2 Å². The molecular formula is C12H19N3O2. The number of H-pyrrole nitrogens is 1. The van der Waals surface area contributed by atoms with Crippen molar-refractivity contribution in [3.63, 3.8) is 0 Å². The van der Waals surface area contributed by atoms with Crippen LogP contribution in [0.1, 0.15) is 36.6 Å². The van der Waals surface area contributed by atoms with E-state index < -0.39 is 5.97 Å². The molecule has 1 aromatic rings. The number of fused-ring (bicyclic) bond motifs is 1. The number of rotatable bonds is 4. The smallest absolute Gasteiger partial charge is 0.303 e. The molecule has 0 bridgehead atoms. The van der Waals surface area contributed by atoms with E-state index in [0.717, 1.165) is 19.3 Å². The first kappa shape index (κ1) is 12.1. The standard InChI is InChI=1S/C12H19N3O2/c1-15(2)11-6-8(3-4-12(16)17)5-10-9(11)7-13-14-10/h7-8,11H,3-6H2,1-2H3,(H,13,14)(H,16,17). The van der Waals surface area contributed by atoms with Crippen molar-refractivity contribution in [1.29, 1.82) is 0 Å². The third-order valence-electron chi connectivity index (χ3n) is 3.55. The Labute approximate surface area is 101 Å². The van der Waals surface area contributed by atoms with Gasteiger partial charge in [0.15, 0.2) is 0 Å². The fraction of sp³-hybridized carbons (Fsp3) is 0.667. The molecular weight excluding hydrogens is 218 g/mol. The minimum atomic E-state index is -0.707. The average Bonchev–Trinajstić information content (AvgIpc) is 2.72. The van der Waals surface area contributed by atoms with Gasteiger partial charge < -0.3 is 10.0 Å². The third-order valence-corrected chi connectivity index (χ3v) is 3.55. The Kier molecular flexibility index (Phi) is 3.47. The van der Waals surface area contributed by atoms with Gasteiger partial charge in [-0.15, -0.1) is 0 Å². The van der Waals surface area contributed by atoms with Gasteiger partial charge in [0.2, 0.25) is 0 Å². The van der Waals surface area contributed by atoms with Gasteiger partial charge in [-0.05, 0) is 39.3 Å². The first-order chi connectivity index (χ1) is 8.08. The Hall–Kier alpha value is -1.36. The lowest BCUT2D eigenvalue weighted by molar-refractivity contribution is -0.137. The summed E-state index contributed by atoms with van der Waals surface area (Å²) in [4.78, 5) is 12.8. The molecule has 94 valence electrons. The van der Waals surface area contributed by atoms with Gasteiger partial charge >= 0.3 is 5.97 Å². The maximum absolute atomic E-state index is 10.6. The number of aromatic amines is 1. The molecule has 2 unspecified atom stereocenters. The van der Waals surface area contributed by atoms with Crippen LogP contribution in [0.2, 0.25) is 0 Å². The van der Waals surface area contributed by atoms with E-state index >= 15 is 0 Å². The van der Waals surface area contributed by atoms with Crippen molar-refractivity contribution in [2.45, 2.75) is 31.7 Å². The highest BCUT2D eigenvalue weighted by molar-refractivity contribution is 5.66. The Morgan fingerprint density at radius 2 is 2.41 bits per heavy atom. The molecule has 2 N–H and O–H groups in total. The summed E-state index contributed by atoms with van der Waals surface area (Å²) in [6, 6.07) is 0.358. The van der Waals surface area contributed by atoms with Crippen LogP contribution < -0.4 is 0 Å². The maximum atomic E-state index is 10.6. The molecule has 1 heterocycles. The summed E-state index contributed by atoms with van der Waals surface area (Å²) >= 11 is 0. The maximum Gasteiger partial charge on any atom is 0.303 e. The second-order valence-corrected chi connectivity index (χ2v) is 5.02. The van der Waals surface area contributed by atoms with Crippen molar-refractivity contribution in [2.24, 2.45) is 5.92 Å². The predicted molar refractivity (Wildman–Crippen MR) is 63.7 cm³/mol. The number of nitrogens with zero attached hydrogens (tertiary/aromatic N) is 2. The van der Waals surface area contributed by atoms with E-state index in [9.17, 15) is 4.79 Å². The molecule has 17 heavy (non-hydrogen) atoms. The molecule has 0 spiro atoms. The van der Waals surface area contributed by atoms with Crippen molar-refractivity contribution in [3.05, 3.63) is 17.5 Å². The Bertz CT molecular complexity index is 400. The summed E-state index contributed by atoms with van der Waals surface area (Å²) in [6.45, 7) is 0. The molecule has 0 fully saturated rings. The van der Waals surface area contributed by atoms with Crippen LogP contribution in [0, 0.1) is 5.92 Å². The summed E-state index contributed by atoms with van der Waals surface area (Å²) < 4.78 is 0. The molecule has 0 aromatic carbocycles. The summed E-state index contributed by atoms with van der Waals surface area (Å²) in [7, 11) is 4.11. The van der Waals surface area contributed by atoms with Gasteiger partial charge in [-0.3, -0.25) is 9.89 Å². The molecule has 5 heteroatoms. The van der Waals surface area contributed by atoms with Crippen molar-refractivity contribution < 1.29 is 9.90 Å². The SMILES string of the molecule is CN(C)C1CC(CCC(=O)O)Cc2[nH]ncc21. The molecule has 2 atom stereocenters. The Morgan fingerprint density at radius 3 is 3.06 bits per heavy atom. The summed E-state index contributed by atoms with van der Waals surface area (Å²) in [5.41, 5.74) is 2.44. The largest absolute Gasteiger partial charge is 0.481 e. The van der Waals surface area contributed by atoms with Crippen molar-refractivity contribution >= 4 is 5.97 Å². The topological polar surface area (TPSA) is 69.2 Å². The van der Waals surface area contributed by atoms with Gasteiger partial charge in [0.1, 0.15) is 0 Å². The average molecular weight is 237 g/mol. The van der Waals surface area contributed by atoms with Gasteiger partial charge in [-0.1, -0.05) is 0 Å². The number of hydrogen-bond acceptors (Lipinski definition) is 3. The van der Waals surface area contributed by atoms with Crippen molar-refractivity contribution in [2.75, 3.05) is 14.1 Å². The minimum Gasteiger partial charge on any atom is -0.481 e. The second-order valence-electron chi connectivity index (χ2n) is 5.02. The predicted octanol–water partition coefficient (Wildman–Crippen LogP) is 1.44. The molecule has 1 aliphatic carbocycles. The Morgan fingerprint density at radius 1 is 1.65 bits per heavy atom. The van der Waals surface area contributed by atoms with Gasteiger partial charge in [0, 0.05) is 23.7 Å². The van der Waals surface area contributed by atoms with Crippen LogP contribution in [0.4, 0.5) is 0 Å². The van der Waals surface area contributed by atoms with E-state index in [0.29, 0.717) is 12.0 Å². The minimum absolute atomic E-state index is 0.258. The summed E-state index contributed by atoms with van der Waals surface area (Å²) in [6.07, 6.45) is 4.85.